The van der Waals surface area contributed by atoms with Gasteiger partial charge in [0.1, 0.15) is 0 Å². The van der Waals surface area contributed by atoms with Crippen molar-refractivity contribution in [1.29, 1.82) is 0 Å². The molecule has 0 heterocycles. The van der Waals surface area contributed by atoms with E-state index in [1.54, 1.807) is 18.2 Å². The summed E-state index contributed by atoms with van der Waals surface area (Å²) in [6.07, 6.45) is 0.691. The van der Waals surface area contributed by atoms with Crippen LogP contribution >= 0.6 is 0 Å². The van der Waals surface area contributed by atoms with Crippen molar-refractivity contribution in [3.63, 3.8) is 0 Å². The number of benzene rings is 2. The number of hydrogen-bond donors (Lipinski definition) is 2. The molecule has 4 nitrogen and oxygen atoms in total. The molecule has 0 radical (unpaired) electrons. The van der Waals surface area contributed by atoms with E-state index in [1.807, 2.05) is 57.2 Å². The van der Waals surface area contributed by atoms with E-state index in [9.17, 15) is 9.59 Å². The summed E-state index contributed by atoms with van der Waals surface area (Å²) in [5, 5.41) is 5.77. The lowest BCUT2D eigenvalue weighted by Crippen LogP contribution is -2.31. The van der Waals surface area contributed by atoms with Crippen LogP contribution < -0.4 is 10.6 Å². The monoisotopic (exact) mass is 324 g/mol. The molecule has 0 saturated carbocycles. The minimum Gasteiger partial charge on any atom is -0.350 e. The van der Waals surface area contributed by atoms with Gasteiger partial charge in [0.25, 0.3) is 5.91 Å². The molecular weight excluding hydrogens is 300 g/mol. The molecule has 0 saturated heterocycles. The van der Waals surface area contributed by atoms with Gasteiger partial charge in [-0.3, -0.25) is 9.59 Å². The molecule has 126 valence electrons. The standard InChI is InChI=1S/C20H24N2O2/c1-4-16(15-10-6-5-7-11-15)19(23)22-18-13-9-8-12-17(18)20(24)21-14(2)3/h5-14,16H,4H2,1-3H3,(H,21,24)(H,22,23)/t16-/m0/s1. The van der Waals surface area contributed by atoms with Crippen molar-refractivity contribution < 1.29 is 9.59 Å². The number of rotatable bonds is 6. The third-order valence-corrected chi connectivity index (χ3v) is 3.78. The number of carbonyl (C=O) groups excluding carboxylic acids is 2. The van der Waals surface area contributed by atoms with Crippen LogP contribution in [0.4, 0.5) is 5.69 Å². The predicted octanol–water partition coefficient (Wildman–Crippen LogP) is 3.96. The van der Waals surface area contributed by atoms with Crippen LogP contribution in [-0.2, 0) is 4.79 Å². The maximum Gasteiger partial charge on any atom is 0.253 e. The third kappa shape index (κ3) is 4.44. The van der Waals surface area contributed by atoms with Crippen LogP contribution in [0.1, 0.15) is 49.0 Å². The largest absolute Gasteiger partial charge is 0.350 e. The molecule has 0 aliphatic heterocycles. The van der Waals surface area contributed by atoms with Crippen molar-refractivity contribution >= 4 is 17.5 Å². The van der Waals surface area contributed by atoms with Crippen molar-refractivity contribution in [3.8, 4) is 0 Å². The lowest BCUT2D eigenvalue weighted by molar-refractivity contribution is -0.117. The summed E-state index contributed by atoms with van der Waals surface area (Å²) < 4.78 is 0. The van der Waals surface area contributed by atoms with E-state index in [0.29, 0.717) is 17.7 Å². The number of nitrogens with one attached hydrogen (secondary N) is 2. The molecule has 0 fully saturated rings. The van der Waals surface area contributed by atoms with Crippen molar-refractivity contribution in [2.45, 2.75) is 39.2 Å². The summed E-state index contributed by atoms with van der Waals surface area (Å²) in [4.78, 5) is 25.0. The number of hydrogen-bond acceptors (Lipinski definition) is 2. The molecule has 2 aromatic rings. The zero-order chi connectivity index (χ0) is 17.5. The van der Waals surface area contributed by atoms with Gasteiger partial charge in [0.2, 0.25) is 5.91 Å². The first kappa shape index (κ1) is 17.7. The highest BCUT2D eigenvalue weighted by molar-refractivity contribution is 6.05. The number of anilines is 1. The summed E-state index contributed by atoms with van der Waals surface area (Å²) in [6.45, 7) is 5.79. The Labute approximate surface area is 143 Å². The quantitative estimate of drug-likeness (QED) is 0.845. The van der Waals surface area contributed by atoms with E-state index >= 15 is 0 Å². The summed E-state index contributed by atoms with van der Waals surface area (Å²) in [5.41, 5.74) is 1.99. The number of carbonyl (C=O) groups is 2. The minimum absolute atomic E-state index is 0.0361. The second-order valence-corrected chi connectivity index (χ2v) is 6.03. The summed E-state index contributed by atoms with van der Waals surface area (Å²) in [6, 6.07) is 16.8. The SMILES string of the molecule is CC[C@H](C(=O)Nc1ccccc1C(=O)NC(C)C)c1ccccc1. The zero-order valence-electron chi connectivity index (χ0n) is 14.4. The summed E-state index contributed by atoms with van der Waals surface area (Å²) >= 11 is 0. The molecule has 0 aliphatic rings. The highest BCUT2D eigenvalue weighted by atomic mass is 16.2. The maximum absolute atomic E-state index is 12.7. The molecule has 2 rings (SSSR count). The lowest BCUT2D eigenvalue weighted by Gasteiger charge is -2.17. The maximum atomic E-state index is 12.7. The van der Waals surface area contributed by atoms with E-state index in [0.717, 1.165) is 5.56 Å². The summed E-state index contributed by atoms with van der Waals surface area (Å²) in [7, 11) is 0. The normalized spacial score (nSPS) is 11.8. The Bertz CT molecular complexity index is 696. The molecular formula is C20H24N2O2. The van der Waals surface area contributed by atoms with E-state index in [-0.39, 0.29) is 23.8 Å². The van der Waals surface area contributed by atoms with Gasteiger partial charge in [-0.2, -0.15) is 0 Å². The van der Waals surface area contributed by atoms with Gasteiger partial charge in [-0.15, -0.1) is 0 Å². The molecule has 0 aliphatic carbocycles. The predicted molar refractivity (Wildman–Crippen MR) is 97.1 cm³/mol. The van der Waals surface area contributed by atoms with Gasteiger partial charge < -0.3 is 10.6 Å². The first-order chi connectivity index (χ1) is 11.5. The minimum atomic E-state index is -0.243. The smallest absolute Gasteiger partial charge is 0.253 e. The Morgan fingerprint density at radius 2 is 1.58 bits per heavy atom. The Balaban J connectivity index is 2.21. The van der Waals surface area contributed by atoms with E-state index < -0.39 is 0 Å². The zero-order valence-corrected chi connectivity index (χ0v) is 14.4. The van der Waals surface area contributed by atoms with Gasteiger partial charge in [0.05, 0.1) is 17.2 Å². The van der Waals surface area contributed by atoms with Crippen LogP contribution in [0, 0.1) is 0 Å². The lowest BCUT2D eigenvalue weighted by atomic mass is 9.95. The average Bonchev–Trinajstić information content (AvgIpc) is 2.56. The molecule has 2 N–H and O–H groups in total. The van der Waals surface area contributed by atoms with Crippen LogP contribution in [0.3, 0.4) is 0 Å². The van der Waals surface area contributed by atoms with Crippen LogP contribution in [0.5, 0.6) is 0 Å². The van der Waals surface area contributed by atoms with Crippen LogP contribution in [-0.4, -0.2) is 17.9 Å². The van der Waals surface area contributed by atoms with E-state index in [4.69, 9.17) is 0 Å². The van der Waals surface area contributed by atoms with Gasteiger partial charge in [0, 0.05) is 6.04 Å². The molecule has 0 aromatic heterocycles. The highest BCUT2D eigenvalue weighted by Crippen LogP contribution is 2.23. The van der Waals surface area contributed by atoms with Gasteiger partial charge >= 0.3 is 0 Å². The second-order valence-electron chi connectivity index (χ2n) is 6.03. The fourth-order valence-corrected chi connectivity index (χ4v) is 2.61. The van der Waals surface area contributed by atoms with E-state index in [2.05, 4.69) is 10.6 Å². The molecule has 0 bridgehead atoms. The van der Waals surface area contributed by atoms with Crippen molar-refractivity contribution in [2.75, 3.05) is 5.32 Å². The van der Waals surface area contributed by atoms with Crippen LogP contribution in [0.25, 0.3) is 0 Å². The van der Waals surface area contributed by atoms with Crippen molar-refractivity contribution in [1.82, 2.24) is 5.32 Å². The van der Waals surface area contributed by atoms with Crippen LogP contribution in [0.15, 0.2) is 54.6 Å². The highest BCUT2D eigenvalue weighted by Gasteiger charge is 2.20. The van der Waals surface area contributed by atoms with Gasteiger partial charge in [0.15, 0.2) is 0 Å². The molecule has 24 heavy (non-hydrogen) atoms. The van der Waals surface area contributed by atoms with Gasteiger partial charge in [-0.1, -0.05) is 49.4 Å². The molecule has 2 amide bonds. The molecule has 0 spiro atoms. The molecule has 2 aromatic carbocycles. The number of amides is 2. The first-order valence-electron chi connectivity index (χ1n) is 8.28. The topological polar surface area (TPSA) is 58.2 Å². The fraction of sp³-hybridized carbons (Fsp3) is 0.300. The van der Waals surface area contributed by atoms with Crippen LogP contribution in [0.2, 0.25) is 0 Å². The Kier molecular flexibility index (Phi) is 6.13. The Morgan fingerprint density at radius 3 is 2.21 bits per heavy atom. The average molecular weight is 324 g/mol. The van der Waals surface area contributed by atoms with Gasteiger partial charge in [-0.05, 0) is 38.0 Å². The van der Waals surface area contributed by atoms with Gasteiger partial charge in [-0.25, -0.2) is 0 Å². The second kappa shape index (κ2) is 8.29. The fourth-order valence-electron chi connectivity index (χ4n) is 2.61. The molecule has 4 heteroatoms. The Hall–Kier alpha value is -2.62. The van der Waals surface area contributed by atoms with Crippen molar-refractivity contribution in [2.24, 2.45) is 0 Å². The van der Waals surface area contributed by atoms with E-state index in [1.165, 1.54) is 0 Å². The third-order valence-electron chi connectivity index (χ3n) is 3.78. The Morgan fingerprint density at radius 1 is 0.958 bits per heavy atom. The van der Waals surface area contributed by atoms with Crippen molar-refractivity contribution in [3.05, 3.63) is 65.7 Å². The number of para-hydroxylation sites is 1. The summed E-state index contributed by atoms with van der Waals surface area (Å²) in [5.74, 6) is -0.533. The molecule has 0 unspecified atom stereocenters. The first-order valence-corrected chi connectivity index (χ1v) is 8.28. The molecule has 1 atom stereocenters.